The first-order valence-electron chi connectivity index (χ1n) is 4.87. The lowest BCUT2D eigenvalue weighted by molar-refractivity contribution is 0.0163. The second-order valence-corrected chi connectivity index (χ2v) is 3.91. The normalized spacial score (nSPS) is 12.5. The fourth-order valence-corrected chi connectivity index (χ4v) is 1.45. The number of benzene rings is 1. The lowest BCUT2D eigenvalue weighted by atomic mass is 10.3. The Labute approximate surface area is 98.1 Å². The van der Waals surface area contributed by atoms with E-state index in [1.54, 1.807) is 0 Å². The predicted octanol–water partition coefficient (Wildman–Crippen LogP) is 2.23. The Hall–Kier alpha value is -0.580. The number of hydrogen-bond acceptors (Lipinski definition) is 3. The summed E-state index contributed by atoms with van der Waals surface area (Å²) in [7, 11) is 0. The van der Waals surface area contributed by atoms with Crippen LogP contribution in [0.15, 0.2) is 28.7 Å². The van der Waals surface area contributed by atoms with Crippen molar-refractivity contribution >= 4 is 15.9 Å². The summed E-state index contributed by atoms with van der Waals surface area (Å²) in [5.74, 6) is 0.730. The summed E-state index contributed by atoms with van der Waals surface area (Å²) in [6.45, 7) is 3.04. The van der Waals surface area contributed by atoms with Crippen LogP contribution in [0.3, 0.4) is 0 Å². The minimum atomic E-state index is -0.586. The molecule has 0 amide bonds. The average molecular weight is 275 g/mol. The molecule has 0 heterocycles. The fourth-order valence-electron chi connectivity index (χ4n) is 1.05. The van der Waals surface area contributed by atoms with Crippen molar-refractivity contribution in [2.24, 2.45) is 0 Å². The van der Waals surface area contributed by atoms with Gasteiger partial charge in [0.25, 0.3) is 0 Å². The lowest BCUT2D eigenvalue weighted by Crippen LogP contribution is -2.23. The summed E-state index contributed by atoms with van der Waals surface area (Å²) in [5, 5.41) is 9.47. The van der Waals surface area contributed by atoms with Crippen molar-refractivity contribution in [1.29, 1.82) is 0 Å². The highest BCUT2D eigenvalue weighted by Gasteiger charge is 2.06. The van der Waals surface area contributed by atoms with Crippen molar-refractivity contribution in [2.75, 3.05) is 19.8 Å². The molecule has 0 spiro atoms. The summed E-state index contributed by atoms with van der Waals surface area (Å²) in [5.41, 5.74) is 0. The number of rotatable bonds is 6. The quantitative estimate of drug-likeness (QED) is 0.865. The third-order valence-corrected chi connectivity index (χ3v) is 2.44. The van der Waals surface area contributed by atoms with Gasteiger partial charge in [-0.2, -0.15) is 0 Å². The standard InChI is InChI=1S/C11H15BrO3/c1-2-14-7-9(13)8-15-11-6-4-3-5-10(11)12/h3-6,9,13H,2,7-8H2,1H3. The van der Waals surface area contributed by atoms with E-state index in [-0.39, 0.29) is 6.61 Å². The predicted molar refractivity (Wildman–Crippen MR) is 62.1 cm³/mol. The third kappa shape index (κ3) is 4.64. The molecule has 3 nitrogen and oxygen atoms in total. The van der Waals surface area contributed by atoms with E-state index in [0.717, 1.165) is 10.2 Å². The Morgan fingerprint density at radius 3 is 2.73 bits per heavy atom. The fraction of sp³-hybridized carbons (Fsp3) is 0.455. The van der Waals surface area contributed by atoms with Crippen LogP contribution >= 0.6 is 15.9 Å². The molecular weight excluding hydrogens is 260 g/mol. The van der Waals surface area contributed by atoms with Gasteiger partial charge < -0.3 is 14.6 Å². The molecule has 0 bridgehead atoms. The number of aliphatic hydroxyl groups excluding tert-OH is 1. The van der Waals surface area contributed by atoms with Gasteiger partial charge in [-0.05, 0) is 35.0 Å². The van der Waals surface area contributed by atoms with Crippen LogP contribution in [0, 0.1) is 0 Å². The van der Waals surface area contributed by atoms with Gasteiger partial charge in [0.1, 0.15) is 18.5 Å². The van der Waals surface area contributed by atoms with Crippen LogP contribution in [-0.2, 0) is 4.74 Å². The van der Waals surface area contributed by atoms with Gasteiger partial charge in [0.15, 0.2) is 0 Å². The van der Waals surface area contributed by atoms with E-state index < -0.39 is 6.10 Å². The van der Waals surface area contributed by atoms with Crippen molar-refractivity contribution < 1.29 is 14.6 Å². The zero-order chi connectivity index (χ0) is 11.1. The molecule has 0 saturated carbocycles. The summed E-state index contributed by atoms with van der Waals surface area (Å²) in [6, 6.07) is 7.53. The molecule has 1 unspecified atom stereocenters. The van der Waals surface area contributed by atoms with Gasteiger partial charge in [0.05, 0.1) is 11.1 Å². The van der Waals surface area contributed by atoms with Gasteiger partial charge in [-0.1, -0.05) is 12.1 Å². The summed E-state index contributed by atoms with van der Waals surface area (Å²) < 4.78 is 11.4. The first-order chi connectivity index (χ1) is 7.24. The van der Waals surface area contributed by atoms with E-state index in [9.17, 15) is 5.11 Å². The molecule has 0 aliphatic heterocycles. The molecule has 15 heavy (non-hydrogen) atoms. The summed E-state index contributed by atoms with van der Waals surface area (Å²) in [4.78, 5) is 0. The number of aliphatic hydroxyl groups is 1. The Bertz CT molecular complexity index is 291. The van der Waals surface area contributed by atoms with Crippen LogP contribution in [0.4, 0.5) is 0 Å². The topological polar surface area (TPSA) is 38.7 Å². The monoisotopic (exact) mass is 274 g/mol. The van der Waals surface area contributed by atoms with E-state index in [1.165, 1.54) is 0 Å². The zero-order valence-electron chi connectivity index (χ0n) is 8.65. The minimum Gasteiger partial charge on any atom is -0.490 e. The number of para-hydroxylation sites is 1. The van der Waals surface area contributed by atoms with Crippen molar-refractivity contribution in [3.8, 4) is 5.75 Å². The molecule has 0 aliphatic carbocycles. The molecule has 1 atom stereocenters. The maximum absolute atomic E-state index is 9.47. The number of halogens is 1. The van der Waals surface area contributed by atoms with Crippen molar-refractivity contribution in [3.63, 3.8) is 0 Å². The van der Waals surface area contributed by atoms with Crippen LogP contribution < -0.4 is 4.74 Å². The molecule has 0 aliphatic rings. The van der Waals surface area contributed by atoms with Gasteiger partial charge >= 0.3 is 0 Å². The molecule has 1 aromatic carbocycles. The molecule has 0 fully saturated rings. The minimum absolute atomic E-state index is 0.239. The lowest BCUT2D eigenvalue weighted by Gasteiger charge is -2.12. The van der Waals surface area contributed by atoms with Gasteiger partial charge in [-0.3, -0.25) is 0 Å². The molecule has 84 valence electrons. The average Bonchev–Trinajstić information content (AvgIpc) is 2.25. The smallest absolute Gasteiger partial charge is 0.133 e. The molecule has 1 N–H and O–H groups in total. The van der Waals surface area contributed by atoms with Gasteiger partial charge in [0, 0.05) is 6.61 Å². The molecular formula is C11H15BrO3. The van der Waals surface area contributed by atoms with Crippen LogP contribution in [0.1, 0.15) is 6.92 Å². The highest BCUT2D eigenvalue weighted by molar-refractivity contribution is 9.10. The molecule has 4 heteroatoms. The highest BCUT2D eigenvalue weighted by atomic mass is 79.9. The zero-order valence-corrected chi connectivity index (χ0v) is 10.2. The number of hydrogen-bond donors (Lipinski definition) is 1. The highest BCUT2D eigenvalue weighted by Crippen LogP contribution is 2.23. The Morgan fingerprint density at radius 2 is 2.07 bits per heavy atom. The van der Waals surface area contributed by atoms with Crippen LogP contribution in [0.5, 0.6) is 5.75 Å². The molecule has 0 radical (unpaired) electrons. The van der Waals surface area contributed by atoms with Crippen LogP contribution in [-0.4, -0.2) is 31.0 Å². The largest absolute Gasteiger partial charge is 0.490 e. The molecule has 1 rings (SSSR count). The maximum atomic E-state index is 9.47. The summed E-state index contributed by atoms with van der Waals surface area (Å²) in [6.07, 6.45) is -0.586. The van der Waals surface area contributed by atoms with Gasteiger partial charge in [0.2, 0.25) is 0 Å². The Balaban J connectivity index is 2.33. The SMILES string of the molecule is CCOCC(O)COc1ccccc1Br. The maximum Gasteiger partial charge on any atom is 0.133 e. The first-order valence-corrected chi connectivity index (χ1v) is 5.66. The number of ether oxygens (including phenoxy) is 2. The Morgan fingerprint density at radius 1 is 1.33 bits per heavy atom. The van der Waals surface area contributed by atoms with E-state index in [2.05, 4.69) is 15.9 Å². The van der Waals surface area contributed by atoms with Gasteiger partial charge in [-0.15, -0.1) is 0 Å². The van der Waals surface area contributed by atoms with E-state index in [4.69, 9.17) is 9.47 Å². The van der Waals surface area contributed by atoms with E-state index >= 15 is 0 Å². The summed E-state index contributed by atoms with van der Waals surface area (Å²) >= 11 is 3.36. The third-order valence-electron chi connectivity index (χ3n) is 1.78. The van der Waals surface area contributed by atoms with Crippen LogP contribution in [0.2, 0.25) is 0 Å². The first kappa shape index (κ1) is 12.5. The van der Waals surface area contributed by atoms with Gasteiger partial charge in [-0.25, -0.2) is 0 Å². The van der Waals surface area contributed by atoms with E-state index in [1.807, 2.05) is 31.2 Å². The molecule has 0 aromatic heterocycles. The van der Waals surface area contributed by atoms with Crippen molar-refractivity contribution in [2.45, 2.75) is 13.0 Å². The Kier molecular flexibility index (Phi) is 5.68. The molecule has 0 saturated heterocycles. The van der Waals surface area contributed by atoms with Crippen molar-refractivity contribution in [3.05, 3.63) is 28.7 Å². The molecule has 1 aromatic rings. The second kappa shape index (κ2) is 6.82. The van der Waals surface area contributed by atoms with Crippen molar-refractivity contribution in [1.82, 2.24) is 0 Å². The van der Waals surface area contributed by atoms with Crippen LogP contribution in [0.25, 0.3) is 0 Å². The van der Waals surface area contributed by atoms with E-state index in [0.29, 0.717) is 13.2 Å². The second-order valence-electron chi connectivity index (χ2n) is 3.05.